The van der Waals surface area contributed by atoms with Crippen molar-refractivity contribution in [1.29, 1.82) is 0 Å². The zero-order valence-electron chi connectivity index (χ0n) is 16.9. The van der Waals surface area contributed by atoms with Crippen LogP contribution in [0.25, 0.3) is 0 Å². The lowest BCUT2D eigenvalue weighted by Crippen LogP contribution is -2.42. The minimum absolute atomic E-state index is 0.181. The normalized spacial score (nSPS) is 20.5. The topological polar surface area (TPSA) is 60.3 Å². The maximum Gasteiger partial charge on any atom is 0.235 e. The third-order valence-electron chi connectivity index (χ3n) is 5.44. The first-order valence-corrected chi connectivity index (χ1v) is 11.5. The number of aromatic nitrogens is 3. The molecule has 2 aliphatic rings. The molecule has 2 heterocycles. The summed E-state index contributed by atoms with van der Waals surface area (Å²) in [6.45, 7) is 6.21. The van der Waals surface area contributed by atoms with Crippen LogP contribution in [0.4, 0.5) is 0 Å². The molecule has 156 valence electrons. The van der Waals surface area contributed by atoms with Gasteiger partial charge in [-0.25, -0.2) is 0 Å². The van der Waals surface area contributed by atoms with Gasteiger partial charge in [0.25, 0.3) is 0 Å². The monoisotopic (exact) mass is 434 g/mol. The second-order valence-corrected chi connectivity index (χ2v) is 9.73. The first-order chi connectivity index (χ1) is 14.0. The summed E-state index contributed by atoms with van der Waals surface area (Å²) in [5.41, 5.74) is 0. The van der Waals surface area contributed by atoms with Crippen molar-refractivity contribution in [3.8, 4) is 5.75 Å². The third-order valence-corrected chi connectivity index (χ3v) is 6.80. The lowest BCUT2D eigenvalue weighted by atomic mass is 10.0. The van der Waals surface area contributed by atoms with Crippen molar-refractivity contribution >= 4 is 29.3 Å². The van der Waals surface area contributed by atoms with Crippen LogP contribution in [-0.2, 0) is 11.4 Å². The average molecular weight is 435 g/mol. The largest absolute Gasteiger partial charge is 0.484 e. The predicted octanol–water partition coefficient (Wildman–Crippen LogP) is 4.58. The highest BCUT2D eigenvalue weighted by atomic mass is 35.5. The van der Waals surface area contributed by atoms with Crippen molar-refractivity contribution in [2.75, 3.05) is 13.1 Å². The molecule has 1 aromatic heterocycles. The lowest BCUT2D eigenvalue weighted by molar-refractivity contribution is -0.132. The van der Waals surface area contributed by atoms with Crippen molar-refractivity contribution in [2.24, 2.45) is 5.92 Å². The van der Waals surface area contributed by atoms with Gasteiger partial charge in [0.05, 0.1) is 10.3 Å². The van der Waals surface area contributed by atoms with Crippen LogP contribution in [-0.4, -0.2) is 43.9 Å². The molecule has 1 saturated carbocycles. The van der Waals surface area contributed by atoms with E-state index in [-0.39, 0.29) is 11.2 Å². The lowest BCUT2D eigenvalue weighted by Gasteiger charge is -2.32. The Morgan fingerprint density at radius 2 is 2.10 bits per heavy atom. The number of likely N-dealkylation sites (tertiary alicyclic amines) is 1. The number of ether oxygens (including phenoxy) is 1. The number of hydrogen-bond acceptors (Lipinski definition) is 5. The first kappa shape index (κ1) is 20.5. The van der Waals surface area contributed by atoms with E-state index in [9.17, 15) is 4.79 Å². The van der Waals surface area contributed by atoms with E-state index in [0.717, 1.165) is 43.3 Å². The minimum atomic E-state index is -0.181. The van der Waals surface area contributed by atoms with E-state index in [1.807, 2.05) is 30.0 Å². The summed E-state index contributed by atoms with van der Waals surface area (Å²) in [5.74, 6) is 2.19. The molecule has 2 atom stereocenters. The molecule has 1 aromatic carbocycles. The van der Waals surface area contributed by atoms with E-state index < -0.39 is 0 Å². The number of hydrogen-bond donors (Lipinski definition) is 0. The fourth-order valence-corrected chi connectivity index (χ4v) is 4.96. The van der Waals surface area contributed by atoms with Crippen molar-refractivity contribution in [3.05, 3.63) is 35.1 Å². The summed E-state index contributed by atoms with van der Waals surface area (Å²) in [7, 11) is 0. The van der Waals surface area contributed by atoms with Crippen LogP contribution in [0.1, 0.15) is 51.4 Å². The van der Waals surface area contributed by atoms with Gasteiger partial charge in [-0.05, 0) is 50.7 Å². The van der Waals surface area contributed by atoms with Gasteiger partial charge in [0.2, 0.25) is 5.91 Å². The van der Waals surface area contributed by atoms with Crippen LogP contribution in [0.5, 0.6) is 5.75 Å². The van der Waals surface area contributed by atoms with Crippen molar-refractivity contribution < 1.29 is 9.53 Å². The van der Waals surface area contributed by atoms with Crippen molar-refractivity contribution in [1.82, 2.24) is 19.7 Å². The molecular weight excluding hydrogens is 408 g/mol. The van der Waals surface area contributed by atoms with Crippen LogP contribution in [0.15, 0.2) is 29.4 Å². The number of halogens is 1. The number of nitrogens with zero attached hydrogens (tertiary/aromatic N) is 4. The van der Waals surface area contributed by atoms with Crippen LogP contribution < -0.4 is 4.74 Å². The quantitative estimate of drug-likeness (QED) is 0.596. The van der Waals surface area contributed by atoms with E-state index >= 15 is 0 Å². The summed E-state index contributed by atoms with van der Waals surface area (Å²) in [5, 5.41) is 9.94. The van der Waals surface area contributed by atoms with Crippen molar-refractivity contribution in [2.45, 2.75) is 62.6 Å². The standard InChI is InChI=1S/C21H27ClN4O2S/c1-14-6-5-11-25(12-14)20(27)15(2)29-21-24-23-19(26(21)16-9-10-16)13-28-18-8-4-3-7-17(18)22/h3-4,7-8,14-16H,5-6,9-13H2,1-2H3/t14-,15-/m1/s1. The second kappa shape index (κ2) is 8.96. The Morgan fingerprint density at radius 1 is 1.31 bits per heavy atom. The number of piperidine rings is 1. The summed E-state index contributed by atoms with van der Waals surface area (Å²) < 4.78 is 8.02. The summed E-state index contributed by atoms with van der Waals surface area (Å²) in [6, 6.07) is 7.81. The highest BCUT2D eigenvalue weighted by molar-refractivity contribution is 8.00. The summed E-state index contributed by atoms with van der Waals surface area (Å²) in [4.78, 5) is 14.9. The second-order valence-electron chi connectivity index (χ2n) is 8.01. The molecule has 2 aromatic rings. The number of carbonyl (C=O) groups excluding carboxylic acids is 1. The van der Waals surface area contributed by atoms with Crippen molar-refractivity contribution in [3.63, 3.8) is 0 Å². The van der Waals surface area contributed by atoms with Gasteiger partial charge in [-0.1, -0.05) is 42.4 Å². The van der Waals surface area contributed by atoms with Crippen LogP contribution in [0, 0.1) is 5.92 Å². The summed E-state index contributed by atoms with van der Waals surface area (Å²) >= 11 is 7.69. The van der Waals surface area contributed by atoms with Crippen LogP contribution in [0.3, 0.4) is 0 Å². The fourth-order valence-electron chi connectivity index (χ4n) is 3.74. The maximum atomic E-state index is 12.9. The molecule has 4 rings (SSSR count). The van der Waals surface area contributed by atoms with Gasteiger partial charge in [0, 0.05) is 19.1 Å². The fraction of sp³-hybridized carbons (Fsp3) is 0.571. The van der Waals surface area contributed by atoms with Gasteiger partial charge in [-0.15, -0.1) is 10.2 Å². The third kappa shape index (κ3) is 4.89. The number of carbonyl (C=O) groups is 1. The SMILES string of the molecule is C[C@@H]1CCCN(C(=O)[C@@H](C)Sc2nnc(COc3ccccc3Cl)n2C2CC2)C1. The molecule has 1 amide bonds. The van der Waals surface area contributed by atoms with E-state index in [1.165, 1.54) is 18.2 Å². The smallest absolute Gasteiger partial charge is 0.235 e. The molecule has 2 fully saturated rings. The highest BCUT2D eigenvalue weighted by Gasteiger charge is 2.32. The molecule has 0 N–H and O–H groups in total. The van der Waals surface area contributed by atoms with Crippen LogP contribution in [0.2, 0.25) is 5.02 Å². The Labute approximate surface area is 181 Å². The summed E-state index contributed by atoms with van der Waals surface area (Å²) in [6.07, 6.45) is 4.51. The molecule has 0 radical (unpaired) electrons. The molecular formula is C21H27ClN4O2S. The molecule has 0 spiro atoms. The molecule has 1 aliphatic heterocycles. The zero-order chi connectivity index (χ0) is 20.4. The van der Waals surface area contributed by atoms with Gasteiger partial charge in [-0.2, -0.15) is 0 Å². The molecule has 0 unspecified atom stereocenters. The van der Waals surface area contributed by atoms with E-state index in [1.54, 1.807) is 6.07 Å². The van der Waals surface area contributed by atoms with Gasteiger partial charge < -0.3 is 9.64 Å². The van der Waals surface area contributed by atoms with Gasteiger partial charge in [0.15, 0.2) is 11.0 Å². The minimum Gasteiger partial charge on any atom is -0.484 e. The number of amides is 1. The van der Waals surface area contributed by atoms with E-state index in [4.69, 9.17) is 16.3 Å². The molecule has 8 heteroatoms. The maximum absolute atomic E-state index is 12.9. The Kier molecular flexibility index (Phi) is 6.35. The van der Waals surface area contributed by atoms with E-state index in [2.05, 4.69) is 21.7 Å². The van der Waals surface area contributed by atoms with Gasteiger partial charge in [-0.3, -0.25) is 9.36 Å². The number of thioether (sulfide) groups is 1. The highest BCUT2D eigenvalue weighted by Crippen LogP contribution is 2.40. The zero-order valence-corrected chi connectivity index (χ0v) is 18.5. The van der Waals surface area contributed by atoms with E-state index in [0.29, 0.717) is 29.3 Å². The number of para-hydroxylation sites is 1. The molecule has 1 saturated heterocycles. The Hall–Kier alpha value is -1.73. The molecule has 0 bridgehead atoms. The first-order valence-electron chi connectivity index (χ1n) is 10.3. The Balaban J connectivity index is 1.44. The van der Waals surface area contributed by atoms with Gasteiger partial charge >= 0.3 is 0 Å². The molecule has 1 aliphatic carbocycles. The molecule has 29 heavy (non-hydrogen) atoms. The Bertz CT molecular complexity index is 870. The Morgan fingerprint density at radius 3 is 2.83 bits per heavy atom. The van der Waals surface area contributed by atoms with Crippen LogP contribution >= 0.6 is 23.4 Å². The predicted molar refractivity (Wildman–Crippen MR) is 114 cm³/mol. The number of rotatable bonds is 7. The average Bonchev–Trinajstić information content (AvgIpc) is 3.48. The molecule has 6 nitrogen and oxygen atoms in total. The van der Waals surface area contributed by atoms with Gasteiger partial charge in [0.1, 0.15) is 12.4 Å². The number of benzene rings is 1.